The van der Waals surface area contributed by atoms with Crippen molar-refractivity contribution >= 4 is 29.2 Å². The lowest BCUT2D eigenvalue weighted by atomic mass is 9.78. The number of halogens is 1. The molecule has 134 valence electrons. The van der Waals surface area contributed by atoms with Crippen LogP contribution in [0.1, 0.15) is 12.8 Å². The predicted octanol–water partition coefficient (Wildman–Crippen LogP) is 1.87. The van der Waals surface area contributed by atoms with Crippen LogP contribution < -0.4 is 4.90 Å². The van der Waals surface area contributed by atoms with Gasteiger partial charge in [0.05, 0.1) is 34.8 Å². The number of carbonyl (C=O) groups is 2. The van der Waals surface area contributed by atoms with E-state index in [2.05, 4.69) is 4.90 Å². The number of rotatable bonds is 3. The van der Waals surface area contributed by atoms with Crippen molar-refractivity contribution < 1.29 is 19.4 Å². The summed E-state index contributed by atoms with van der Waals surface area (Å²) in [5.74, 6) is -2.23. The third-order valence-electron chi connectivity index (χ3n) is 5.63. The van der Waals surface area contributed by atoms with Crippen LogP contribution >= 0.6 is 11.6 Å². The maximum atomic E-state index is 13.0. The zero-order valence-electron chi connectivity index (χ0n) is 13.8. The highest BCUT2D eigenvalue weighted by molar-refractivity contribution is 6.33. The fourth-order valence-electron chi connectivity index (χ4n) is 4.39. The molecule has 1 amide bonds. The van der Waals surface area contributed by atoms with Crippen LogP contribution in [0.2, 0.25) is 5.02 Å². The lowest BCUT2D eigenvalue weighted by Crippen LogP contribution is -2.53. The molecule has 3 fully saturated rings. The van der Waals surface area contributed by atoms with Crippen LogP contribution in [0, 0.1) is 11.8 Å². The molecule has 2 bridgehead atoms. The van der Waals surface area contributed by atoms with Crippen LogP contribution in [0.3, 0.4) is 0 Å². The normalized spacial score (nSPS) is 31.4. The molecule has 4 rings (SSSR count). The van der Waals surface area contributed by atoms with E-state index < -0.39 is 17.8 Å². The highest BCUT2D eigenvalue weighted by Gasteiger charge is 2.56. The lowest BCUT2D eigenvalue weighted by Gasteiger charge is -2.38. The monoisotopic (exact) mass is 364 g/mol. The molecule has 7 heteroatoms. The number of carboxylic acid groups (broad SMARTS) is 1. The molecule has 0 spiro atoms. The van der Waals surface area contributed by atoms with Gasteiger partial charge < -0.3 is 19.6 Å². The van der Waals surface area contributed by atoms with Crippen LogP contribution in [0.5, 0.6) is 0 Å². The number of nitrogens with zero attached hydrogens (tertiary/aromatic N) is 2. The zero-order chi connectivity index (χ0) is 17.6. The Morgan fingerprint density at radius 3 is 2.32 bits per heavy atom. The van der Waals surface area contributed by atoms with E-state index >= 15 is 0 Å². The van der Waals surface area contributed by atoms with Gasteiger partial charge in [-0.3, -0.25) is 9.59 Å². The molecule has 0 aromatic heterocycles. The summed E-state index contributed by atoms with van der Waals surface area (Å²) < 4.78 is 5.72. The van der Waals surface area contributed by atoms with E-state index in [4.69, 9.17) is 16.3 Å². The summed E-state index contributed by atoms with van der Waals surface area (Å²) in [5, 5.41) is 10.2. The largest absolute Gasteiger partial charge is 0.481 e. The molecule has 3 aliphatic rings. The number of anilines is 1. The summed E-state index contributed by atoms with van der Waals surface area (Å²) in [6.45, 7) is 2.53. The SMILES string of the molecule is O=C(O)[C@@H]1[C@H](C(=O)N2CCN(c3ccccc3Cl)CC2)[C@H]2CC[C@@H]1O2. The van der Waals surface area contributed by atoms with Gasteiger partial charge in [0.15, 0.2) is 0 Å². The van der Waals surface area contributed by atoms with Crippen LogP contribution in [-0.2, 0) is 14.3 Å². The number of benzene rings is 1. The number of aliphatic carboxylic acids is 1. The highest BCUT2D eigenvalue weighted by Crippen LogP contribution is 2.44. The van der Waals surface area contributed by atoms with Crippen LogP contribution in [0.15, 0.2) is 24.3 Å². The number of amides is 1. The first-order valence-corrected chi connectivity index (χ1v) is 9.10. The van der Waals surface area contributed by atoms with Crippen molar-refractivity contribution in [1.29, 1.82) is 0 Å². The molecule has 0 radical (unpaired) electrons. The lowest BCUT2D eigenvalue weighted by molar-refractivity contribution is -0.151. The molecule has 0 aliphatic carbocycles. The Hall–Kier alpha value is -1.79. The van der Waals surface area contributed by atoms with Crippen molar-refractivity contribution in [2.75, 3.05) is 31.1 Å². The Balaban J connectivity index is 1.43. The molecule has 3 heterocycles. The summed E-state index contributed by atoms with van der Waals surface area (Å²) in [4.78, 5) is 28.5. The predicted molar refractivity (Wildman–Crippen MR) is 92.8 cm³/mol. The number of ether oxygens (including phenoxy) is 1. The number of hydrogen-bond acceptors (Lipinski definition) is 4. The Labute approximate surface area is 151 Å². The average Bonchev–Trinajstić information content (AvgIpc) is 3.23. The Kier molecular flexibility index (Phi) is 4.33. The summed E-state index contributed by atoms with van der Waals surface area (Å²) in [6.07, 6.45) is 0.983. The second kappa shape index (κ2) is 6.50. The average molecular weight is 365 g/mol. The van der Waals surface area contributed by atoms with E-state index in [-0.39, 0.29) is 18.1 Å². The van der Waals surface area contributed by atoms with Crippen LogP contribution in [0.4, 0.5) is 5.69 Å². The van der Waals surface area contributed by atoms with Gasteiger partial charge in [0.2, 0.25) is 5.91 Å². The maximum Gasteiger partial charge on any atom is 0.310 e. The molecule has 6 nitrogen and oxygen atoms in total. The van der Waals surface area contributed by atoms with Crippen molar-refractivity contribution in [3.05, 3.63) is 29.3 Å². The van der Waals surface area contributed by atoms with Crippen molar-refractivity contribution in [2.45, 2.75) is 25.0 Å². The minimum atomic E-state index is -0.916. The second-order valence-corrected chi connectivity index (χ2v) is 7.35. The summed E-state index contributed by atoms with van der Waals surface area (Å²) in [6, 6.07) is 7.68. The first-order valence-electron chi connectivity index (χ1n) is 8.73. The molecule has 0 unspecified atom stereocenters. The van der Waals surface area contributed by atoms with E-state index in [1.807, 2.05) is 24.3 Å². The smallest absolute Gasteiger partial charge is 0.310 e. The number of carbonyl (C=O) groups excluding carboxylic acids is 1. The fourth-order valence-corrected chi connectivity index (χ4v) is 4.65. The van der Waals surface area contributed by atoms with Gasteiger partial charge >= 0.3 is 5.97 Å². The standard InChI is InChI=1S/C18H21ClN2O4/c19-11-3-1-2-4-12(11)20-7-9-21(10-8-20)17(22)15-13-5-6-14(25-13)16(15)18(23)24/h1-4,13-16H,5-10H2,(H,23,24)/t13-,14+,15-,16+/m1/s1. The number of fused-ring (bicyclic) bond motifs is 2. The minimum Gasteiger partial charge on any atom is -0.481 e. The minimum absolute atomic E-state index is 0.0709. The third kappa shape index (κ3) is 2.87. The maximum absolute atomic E-state index is 13.0. The van der Waals surface area contributed by atoms with Gasteiger partial charge in [0.1, 0.15) is 0 Å². The third-order valence-corrected chi connectivity index (χ3v) is 5.95. The van der Waals surface area contributed by atoms with Gasteiger partial charge in [-0.1, -0.05) is 23.7 Å². The van der Waals surface area contributed by atoms with Crippen molar-refractivity contribution in [3.8, 4) is 0 Å². The van der Waals surface area contributed by atoms with E-state index in [1.165, 1.54) is 0 Å². The number of para-hydroxylation sites is 1. The van der Waals surface area contributed by atoms with Gasteiger partial charge in [-0.05, 0) is 25.0 Å². The zero-order valence-corrected chi connectivity index (χ0v) is 14.6. The molecule has 3 saturated heterocycles. The fraction of sp³-hybridized carbons (Fsp3) is 0.556. The van der Waals surface area contributed by atoms with Gasteiger partial charge in [0.25, 0.3) is 0 Å². The van der Waals surface area contributed by atoms with Gasteiger partial charge in [0, 0.05) is 26.2 Å². The molecule has 3 aliphatic heterocycles. The number of hydrogen-bond donors (Lipinski definition) is 1. The topological polar surface area (TPSA) is 70.1 Å². The van der Waals surface area contributed by atoms with Gasteiger partial charge in [-0.2, -0.15) is 0 Å². The van der Waals surface area contributed by atoms with E-state index in [0.717, 1.165) is 18.5 Å². The van der Waals surface area contributed by atoms with Crippen LogP contribution in [0.25, 0.3) is 0 Å². The van der Waals surface area contributed by atoms with E-state index in [1.54, 1.807) is 4.90 Å². The summed E-state index contributed by atoms with van der Waals surface area (Å²) >= 11 is 6.25. The van der Waals surface area contributed by atoms with Gasteiger partial charge in [-0.25, -0.2) is 0 Å². The summed E-state index contributed by atoms with van der Waals surface area (Å²) in [5.41, 5.74) is 0.975. The number of piperazine rings is 1. The molecular weight excluding hydrogens is 344 g/mol. The molecule has 1 aromatic rings. The van der Waals surface area contributed by atoms with Gasteiger partial charge in [-0.15, -0.1) is 0 Å². The quantitative estimate of drug-likeness (QED) is 0.886. The Morgan fingerprint density at radius 1 is 1.04 bits per heavy atom. The van der Waals surface area contributed by atoms with E-state index in [9.17, 15) is 14.7 Å². The Morgan fingerprint density at radius 2 is 1.68 bits per heavy atom. The highest BCUT2D eigenvalue weighted by atomic mass is 35.5. The first-order chi connectivity index (χ1) is 12.1. The molecule has 1 N–H and O–H groups in total. The van der Waals surface area contributed by atoms with E-state index in [0.29, 0.717) is 31.2 Å². The van der Waals surface area contributed by atoms with Crippen LogP contribution in [-0.4, -0.2) is 60.3 Å². The molecular formula is C18H21ClN2O4. The van der Waals surface area contributed by atoms with Crippen molar-refractivity contribution in [2.24, 2.45) is 11.8 Å². The summed E-state index contributed by atoms with van der Waals surface area (Å²) in [7, 11) is 0. The van der Waals surface area contributed by atoms with Crippen molar-refractivity contribution in [3.63, 3.8) is 0 Å². The molecule has 4 atom stereocenters. The second-order valence-electron chi connectivity index (χ2n) is 6.94. The molecule has 25 heavy (non-hydrogen) atoms. The first kappa shape index (κ1) is 16.7. The molecule has 1 aromatic carbocycles. The Bertz CT molecular complexity index is 689. The molecule has 0 saturated carbocycles. The number of carboxylic acids is 1. The van der Waals surface area contributed by atoms with Crippen molar-refractivity contribution in [1.82, 2.24) is 4.90 Å².